The van der Waals surface area contributed by atoms with E-state index in [1.54, 1.807) is 9.80 Å². The van der Waals surface area contributed by atoms with Crippen LogP contribution in [-0.4, -0.2) is 53.7 Å². The molecule has 158 valence electrons. The van der Waals surface area contributed by atoms with E-state index in [0.29, 0.717) is 36.2 Å². The van der Waals surface area contributed by atoms with Gasteiger partial charge in [-0.05, 0) is 37.7 Å². The zero-order valence-electron chi connectivity index (χ0n) is 16.9. The van der Waals surface area contributed by atoms with Gasteiger partial charge in [-0.15, -0.1) is 0 Å². The van der Waals surface area contributed by atoms with Crippen LogP contribution in [0.5, 0.6) is 0 Å². The highest BCUT2D eigenvalue weighted by Gasteiger charge is 2.28. The molecule has 0 fully saturated rings. The number of ether oxygens (including phenoxy) is 2. The Kier molecular flexibility index (Phi) is 8.91. The number of nitrogens with zero attached hydrogens (tertiary/aromatic N) is 2. The predicted octanol–water partition coefficient (Wildman–Crippen LogP) is 3.15. The molecule has 1 heterocycles. The minimum atomic E-state index is -0.369. The highest BCUT2D eigenvalue weighted by atomic mass is 32.2. The highest BCUT2D eigenvalue weighted by Crippen LogP contribution is 2.33. The Balaban J connectivity index is 2.18. The van der Waals surface area contributed by atoms with Gasteiger partial charge in [0.05, 0.1) is 18.0 Å². The zero-order chi connectivity index (χ0) is 21.4. The number of hydrogen-bond acceptors (Lipinski definition) is 7. The van der Waals surface area contributed by atoms with Crippen molar-refractivity contribution in [1.29, 1.82) is 0 Å². The summed E-state index contributed by atoms with van der Waals surface area (Å²) >= 11 is 6.53. The summed E-state index contributed by atoms with van der Waals surface area (Å²) < 4.78 is 10.9. The monoisotopic (exact) mass is 438 g/mol. The Labute approximate surface area is 180 Å². The number of thiocarbonyl (C=S) groups is 1. The Morgan fingerprint density at radius 3 is 2.52 bits per heavy atom. The van der Waals surface area contributed by atoms with Crippen molar-refractivity contribution in [2.24, 2.45) is 0 Å². The molecule has 1 aliphatic heterocycles. The van der Waals surface area contributed by atoms with Crippen LogP contribution in [0.25, 0.3) is 0 Å². The highest BCUT2D eigenvalue weighted by molar-refractivity contribution is 8.23. The van der Waals surface area contributed by atoms with E-state index in [0.717, 1.165) is 5.69 Å². The van der Waals surface area contributed by atoms with E-state index in [1.165, 1.54) is 25.6 Å². The summed E-state index contributed by atoms with van der Waals surface area (Å²) in [7, 11) is 0. The summed E-state index contributed by atoms with van der Waals surface area (Å²) in [6.45, 7) is 6.10. The second kappa shape index (κ2) is 11.2. The lowest BCUT2D eigenvalue weighted by atomic mass is 10.2. The van der Waals surface area contributed by atoms with Gasteiger partial charge in [-0.2, -0.15) is 0 Å². The molecule has 0 radical (unpaired) electrons. The van der Waals surface area contributed by atoms with Gasteiger partial charge in [-0.3, -0.25) is 14.4 Å². The number of carbonyl (C=O) groups is 3. The van der Waals surface area contributed by atoms with Gasteiger partial charge >= 0.3 is 5.97 Å². The first kappa shape index (κ1) is 23.2. The second-order valence-corrected chi connectivity index (χ2v) is 8.37. The zero-order valence-corrected chi connectivity index (χ0v) is 18.5. The number of rotatable bonds is 7. The maximum Gasteiger partial charge on any atom is 0.302 e. The second-order valence-electron chi connectivity index (χ2n) is 6.47. The van der Waals surface area contributed by atoms with Crippen LogP contribution in [0.2, 0.25) is 0 Å². The fourth-order valence-electron chi connectivity index (χ4n) is 3.04. The first-order valence-corrected chi connectivity index (χ1v) is 10.8. The van der Waals surface area contributed by atoms with Gasteiger partial charge in [0.2, 0.25) is 16.2 Å². The Morgan fingerprint density at radius 1 is 1.21 bits per heavy atom. The van der Waals surface area contributed by atoms with Crippen molar-refractivity contribution >= 4 is 57.5 Å². The standard InChI is InChI=1S/C20H26N2O5S2/c1-4-26-20(28)29-16(13-27-15(3)24)9-11-22-18-8-6-5-7-17(18)21(14(2)23)12-10-19(22)25/h5-8,16H,4,9-13H2,1-3H3. The predicted molar refractivity (Wildman–Crippen MR) is 118 cm³/mol. The molecule has 29 heavy (non-hydrogen) atoms. The minimum absolute atomic E-state index is 0.0511. The van der Waals surface area contributed by atoms with Crippen LogP contribution in [0.15, 0.2) is 24.3 Å². The topological polar surface area (TPSA) is 76.2 Å². The normalized spacial score (nSPS) is 14.7. The molecule has 0 saturated carbocycles. The van der Waals surface area contributed by atoms with E-state index >= 15 is 0 Å². The van der Waals surface area contributed by atoms with Crippen molar-refractivity contribution in [1.82, 2.24) is 0 Å². The molecule has 1 aliphatic rings. The molecule has 0 bridgehead atoms. The SMILES string of the molecule is CCOC(=S)SC(CCN1C(=O)CCN(C(C)=O)c2ccccc21)COC(C)=O. The third-order valence-electron chi connectivity index (χ3n) is 4.37. The molecule has 1 unspecified atom stereocenters. The van der Waals surface area contributed by atoms with Gasteiger partial charge in [-0.25, -0.2) is 0 Å². The molecule has 1 aromatic rings. The van der Waals surface area contributed by atoms with Gasteiger partial charge in [0, 0.05) is 38.6 Å². The number of anilines is 2. The van der Waals surface area contributed by atoms with Crippen molar-refractivity contribution in [3.63, 3.8) is 0 Å². The molecule has 0 N–H and O–H groups in total. The lowest BCUT2D eigenvalue weighted by Crippen LogP contribution is -2.34. The van der Waals surface area contributed by atoms with Crippen LogP contribution in [0.4, 0.5) is 11.4 Å². The quantitative estimate of drug-likeness (QED) is 0.478. The molecule has 2 rings (SSSR count). The number of para-hydroxylation sites is 2. The molecule has 0 saturated heterocycles. The number of hydrogen-bond donors (Lipinski definition) is 0. The largest absolute Gasteiger partial charge is 0.479 e. The molecular weight excluding hydrogens is 412 g/mol. The third-order valence-corrected chi connectivity index (χ3v) is 5.79. The van der Waals surface area contributed by atoms with Gasteiger partial charge < -0.3 is 19.3 Å². The number of esters is 1. The minimum Gasteiger partial charge on any atom is -0.479 e. The number of fused-ring (bicyclic) bond motifs is 1. The summed E-state index contributed by atoms with van der Waals surface area (Å²) in [6, 6.07) is 7.38. The average molecular weight is 439 g/mol. The van der Waals surface area contributed by atoms with Crippen molar-refractivity contribution in [2.45, 2.75) is 38.9 Å². The number of amides is 2. The van der Waals surface area contributed by atoms with Gasteiger partial charge in [0.15, 0.2) is 0 Å². The average Bonchev–Trinajstić information content (AvgIpc) is 2.80. The molecule has 9 heteroatoms. The summed E-state index contributed by atoms with van der Waals surface area (Å²) in [5, 5.41) is -0.148. The van der Waals surface area contributed by atoms with Gasteiger partial charge in [0.1, 0.15) is 6.61 Å². The first-order valence-electron chi connectivity index (χ1n) is 9.47. The molecule has 7 nitrogen and oxygen atoms in total. The summed E-state index contributed by atoms with van der Waals surface area (Å²) in [5.74, 6) is -0.520. The van der Waals surface area contributed by atoms with E-state index in [9.17, 15) is 14.4 Å². The first-order chi connectivity index (χ1) is 13.8. The molecule has 0 aromatic heterocycles. The van der Waals surface area contributed by atoms with Crippen molar-refractivity contribution in [3.05, 3.63) is 24.3 Å². The van der Waals surface area contributed by atoms with E-state index in [2.05, 4.69) is 0 Å². The molecular formula is C20H26N2O5S2. The molecule has 0 aliphatic carbocycles. The van der Waals surface area contributed by atoms with E-state index in [4.69, 9.17) is 21.7 Å². The molecule has 0 spiro atoms. The van der Waals surface area contributed by atoms with E-state index < -0.39 is 0 Å². The van der Waals surface area contributed by atoms with Crippen LogP contribution in [-0.2, 0) is 23.9 Å². The fraction of sp³-hybridized carbons (Fsp3) is 0.500. The smallest absolute Gasteiger partial charge is 0.302 e. The fourth-order valence-corrected chi connectivity index (χ4v) is 4.38. The van der Waals surface area contributed by atoms with Crippen LogP contribution >= 0.6 is 24.0 Å². The maximum absolute atomic E-state index is 12.8. The van der Waals surface area contributed by atoms with Crippen molar-refractivity contribution in [3.8, 4) is 0 Å². The summed E-state index contributed by atoms with van der Waals surface area (Å²) in [5.41, 5.74) is 1.42. The Bertz CT molecular complexity index is 771. The van der Waals surface area contributed by atoms with Crippen molar-refractivity contribution < 1.29 is 23.9 Å². The van der Waals surface area contributed by atoms with Crippen LogP contribution in [0.3, 0.4) is 0 Å². The van der Waals surface area contributed by atoms with Crippen LogP contribution in [0.1, 0.15) is 33.6 Å². The molecule has 1 atom stereocenters. The Morgan fingerprint density at radius 2 is 1.90 bits per heavy atom. The molecule has 2 amide bonds. The van der Waals surface area contributed by atoms with Gasteiger partial charge in [0.25, 0.3) is 0 Å². The number of carbonyl (C=O) groups excluding carboxylic acids is 3. The lowest BCUT2D eigenvalue weighted by molar-refractivity contribution is -0.141. The maximum atomic E-state index is 12.8. The molecule has 1 aromatic carbocycles. The van der Waals surface area contributed by atoms with Crippen molar-refractivity contribution in [2.75, 3.05) is 36.1 Å². The van der Waals surface area contributed by atoms with Crippen LogP contribution < -0.4 is 9.80 Å². The third kappa shape index (κ3) is 6.71. The number of benzene rings is 1. The van der Waals surface area contributed by atoms with Crippen LogP contribution in [0, 0.1) is 0 Å². The van der Waals surface area contributed by atoms with E-state index in [1.807, 2.05) is 31.2 Å². The summed E-state index contributed by atoms with van der Waals surface area (Å²) in [4.78, 5) is 39.4. The summed E-state index contributed by atoms with van der Waals surface area (Å²) in [6.07, 6.45) is 0.790. The van der Waals surface area contributed by atoms with Gasteiger partial charge in [-0.1, -0.05) is 23.9 Å². The van der Waals surface area contributed by atoms with E-state index in [-0.39, 0.29) is 36.1 Å². The Hall–Kier alpha value is -2.13. The lowest BCUT2D eigenvalue weighted by Gasteiger charge is -2.26. The number of thioether (sulfide) groups is 1.